The van der Waals surface area contributed by atoms with Gasteiger partial charge in [0.1, 0.15) is 11.6 Å². The van der Waals surface area contributed by atoms with Gasteiger partial charge in [-0.15, -0.1) is 24.0 Å². The molecule has 1 unspecified atom stereocenters. The lowest BCUT2D eigenvalue weighted by atomic mass is 10.2. The minimum Gasteiger partial charge on any atom is -0.439 e. The van der Waals surface area contributed by atoms with Crippen LogP contribution in [-0.4, -0.2) is 47.9 Å². The number of pyridine rings is 1. The van der Waals surface area contributed by atoms with E-state index in [2.05, 4.69) is 20.6 Å². The van der Waals surface area contributed by atoms with E-state index >= 15 is 0 Å². The lowest BCUT2D eigenvalue weighted by molar-refractivity contribution is -0.129. The maximum atomic E-state index is 13.2. The van der Waals surface area contributed by atoms with E-state index in [1.54, 1.807) is 31.4 Å². The van der Waals surface area contributed by atoms with E-state index < -0.39 is 0 Å². The summed E-state index contributed by atoms with van der Waals surface area (Å²) in [6.45, 7) is 3.89. The maximum Gasteiger partial charge on any atom is 0.222 e. The fraction of sp³-hybridized carbons (Fsp3) is 0.381. The molecule has 0 saturated carbocycles. The maximum absolute atomic E-state index is 13.2. The Kier molecular flexibility index (Phi) is 9.28. The summed E-state index contributed by atoms with van der Waals surface area (Å²) in [7, 11) is 1.72. The van der Waals surface area contributed by atoms with Crippen LogP contribution in [0.25, 0.3) is 0 Å². The SMILES string of the molecule is CCC(=O)N1CCC(NC(=NC)NCc2ccc(Oc3cccc(F)c3)nc2)C1.I. The van der Waals surface area contributed by atoms with Crippen LogP contribution in [0.4, 0.5) is 4.39 Å². The molecule has 1 aromatic heterocycles. The summed E-state index contributed by atoms with van der Waals surface area (Å²) in [5.41, 5.74) is 0.953. The van der Waals surface area contributed by atoms with E-state index in [1.807, 2.05) is 17.9 Å². The van der Waals surface area contributed by atoms with Gasteiger partial charge in [0.15, 0.2) is 5.96 Å². The third-order valence-corrected chi connectivity index (χ3v) is 4.68. The zero-order valence-electron chi connectivity index (χ0n) is 17.1. The third-order valence-electron chi connectivity index (χ3n) is 4.68. The lowest BCUT2D eigenvalue weighted by Gasteiger charge is -2.18. The summed E-state index contributed by atoms with van der Waals surface area (Å²) in [5.74, 6) is 1.31. The Bertz CT molecular complexity index is 863. The highest BCUT2D eigenvalue weighted by Crippen LogP contribution is 2.20. The Morgan fingerprint density at radius 3 is 2.87 bits per heavy atom. The Hall–Kier alpha value is -2.43. The second-order valence-corrected chi connectivity index (χ2v) is 6.81. The number of halogens is 2. The molecule has 2 N–H and O–H groups in total. The number of ether oxygens (including phenoxy) is 1. The second kappa shape index (κ2) is 11.7. The number of aromatic nitrogens is 1. The lowest BCUT2D eigenvalue weighted by Crippen LogP contribution is -2.44. The summed E-state index contributed by atoms with van der Waals surface area (Å²) in [4.78, 5) is 22.2. The molecular weight excluding hydrogens is 500 g/mol. The molecule has 9 heteroatoms. The van der Waals surface area contributed by atoms with E-state index in [-0.39, 0.29) is 41.7 Å². The van der Waals surface area contributed by atoms with Gasteiger partial charge in [-0.3, -0.25) is 9.79 Å². The quantitative estimate of drug-likeness (QED) is 0.343. The third kappa shape index (κ3) is 6.82. The molecule has 0 radical (unpaired) electrons. The van der Waals surface area contributed by atoms with Crippen molar-refractivity contribution in [3.63, 3.8) is 0 Å². The van der Waals surface area contributed by atoms with Gasteiger partial charge in [-0.1, -0.05) is 19.1 Å². The minimum atomic E-state index is -0.355. The van der Waals surface area contributed by atoms with Gasteiger partial charge in [-0.25, -0.2) is 9.37 Å². The van der Waals surface area contributed by atoms with Crippen LogP contribution in [-0.2, 0) is 11.3 Å². The van der Waals surface area contributed by atoms with Gasteiger partial charge in [0, 0.05) is 57.5 Å². The van der Waals surface area contributed by atoms with Crippen molar-refractivity contribution < 1.29 is 13.9 Å². The predicted molar refractivity (Wildman–Crippen MR) is 125 cm³/mol. The molecule has 0 spiro atoms. The molecule has 1 aliphatic heterocycles. The van der Waals surface area contributed by atoms with Crippen molar-refractivity contribution in [3.8, 4) is 11.6 Å². The molecule has 3 rings (SSSR count). The molecule has 1 atom stereocenters. The number of guanidine groups is 1. The number of nitrogens with zero attached hydrogens (tertiary/aromatic N) is 3. The number of amides is 1. The fourth-order valence-corrected chi connectivity index (χ4v) is 3.13. The van der Waals surface area contributed by atoms with Gasteiger partial charge in [0.2, 0.25) is 11.8 Å². The number of carbonyl (C=O) groups excluding carboxylic acids is 1. The van der Waals surface area contributed by atoms with Crippen LogP contribution in [0.15, 0.2) is 47.6 Å². The van der Waals surface area contributed by atoms with E-state index in [0.29, 0.717) is 37.1 Å². The summed E-state index contributed by atoms with van der Waals surface area (Å²) >= 11 is 0. The smallest absolute Gasteiger partial charge is 0.222 e. The molecule has 1 saturated heterocycles. The molecule has 1 fully saturated rings. The minimum absolute atomic E-state index is 0. The first-order valence-electron chi connectivity index (χ1n) is 9.70. The zero-order chi connectivity index (χ0) is 20.6. The Morgan fingerprint density at radius 2 is 2.20 bits per heavy atom. The van der Waals surface area contributed by atoms with Crippen molar-refractivity contribution in [2.24, 2.45) is 4.99 Å². The van der Waals surface area contributed by atoms with Crippen LogP contribution in [0.5, 0.6) is 11.6 Å². The largest absolute Gasteiger partial charge is 0.439 e. The molecular formula is C21H27FIN5O2. The molecule has 2 heterocycles. The Balaban J connectivity index is 0.00000320. The van der Waals surface area contributed by atoms with Crippen LogP contribution in [0.2, 0.25) is 0 Å². The summed E-state index contributed by atoms with van der Waals surface area (Å²) in [5, 5.41) is 6.61. The molecule has 7 nitrogen and oxygen atoms in total. The second-order valence-electron chi connectivity index (χ2n) is 6.81. The van der Waals surface area contributed by atoms with E-state index in [4.69, 9.17) is 4.74 Å². The number of hydrogen-bond donors (Lipinski definition) is 2. The number of likely N-dealkylation sites (tertiary alicyclic amines) is 1. The van der Waals surface area contributed by atoms with Crippen LogP contribution in [0, 0.1) is 5.82 Å². The van der Waals surface area contributed by atoms with Gasteiger partial charge < -0.3 is 20.3 Å². The Labute approximate surface area is 193 Å². The highest BCUT2D eigenvalue weighted by Gasteiger charge is 2.25. The molecule has 1 aliphatic rings. The van der Waals surface area contributed by atoms with Crippen molar-refractivity contribution in [2.45, 2.75) is 32.4 Å². The first-order valence-corrected chi connectivity index (χ1v) is 9.70. The van der Waals surface area contributed by atoms with Crippen molar-refractivity contribution >= 4 is 35.8 Å². The first kappa shape index (κ1) is 23.8. The molecule has 162 valence electrons. The average molecular weight is 527 g/mol. The van der Waals surface area contributed by atoms with Crippen LogP contribution in [0.3, 0.4) is 0 Å². The number of nitrogens with one attached hydrogen (secondary N) is 2. The van der Waals surface area contributed by atoms with Crippen molar-refractivity contribution in [2.75, 3.05) is 20.1 Å². The monoisotopic (exact) mass is 527 g/mol. The topological polar surface area (TPSA) is 78.9 Å². The number of aliphatic imine (C=N–C) groups is 1. The number of benzene rings is 1. The van der Waals surface area contributed by atoms with Gasteiger partial charge in [-0.05, 0) is 24.1 Å². The average Bonchev–Trinajstić information content (AvgIpc) is 3.20. The first-order chi connectivity index (χ1) is 14.1. The predicted octanol–water partition coefficient (Wildman–Crippen LogP) is 3.31. The number of hydrogen-bond acceptors (Lipinski definition) is 4. The summed E-state index contributed by atoms with van der Waals surface area (Å²) < 4.78 is 18.8. The normalized spacial score (nSPS) is 16.0. The highest BCUT2D eigenvalue weighted by atomic mass is 127. The molecule has 0 bridgehead atoms. The van der Waals surface area contributed by atoms with Gasteiger partial charge in [0.05, 0.1) is 0 Å². The molecule has 1 amide bonds. The molecule has 0 aliphatic carbocycles. The molecule has 1 aromatic carbocycles. The number of carbonyl (C=O) groups is 1. The van der Waals surface area contributed by atoms with Crippen LogP contribution in [0.1, 0.15) is 25.3 Å². The Morgan fingerprint density at radius 1 is 1.37 bits per heavy atom. The van der Waals surface area contributed by atoms with Gasteiger partial charge in [0.25, 0.3) is 0 Å². The van der Waals surface area contributed by atoms with Crippen LogP contribution < -0.4 is 15.4 Å². The van der Waals surface area contributed by atoms with Crippen LogP contribution >= 0.6 is 24.0 Å². The highest BCUT2D eigenvalue weighted by molar-refractivity contribution is 14.0. The standard InChI is InChI=1S/C21H26FN5O2.HI/c1-3-20(28)27-10-9-17(14-27)26-21(23-2)25-13-15-7-8-19(24-12-15)29-18-6-4-5-16(22)11-18;/h4-8,11-12,17H,3,9-10,13-14H2,1-2H3,(H2,23,25,26);1H. The van der Waals surface area contributed by atoms with Crippen molar-refractivity contribution in [3.05, 3.63) is 54.0 Å². The van der Waals surface area contributed by atoms with E-state index in [0.717, 1.165) is 18.5 Å². The summed E-state index contributed by atoms with van der Waals surface area (Å²) in [6.07, 6.45) is 3.14. The van der Waals surface area contributed by atoms with Gasteiger partial charge >= 0.3 is 0 Å². The van der Waals surface area contributed by atoms with Gasteiger partial charge in [-0.2, -0.15) is 0 Å². The van der Waals surface area contributed by atoms with Crippen molar-refractivity contribution in [1.82, 2.24) is 20.5 Å². The molecule has 30 heavy (non-hydrogen) atoms. The molecule has 2 aromatic rings. The summed E-state index contributed by atoms with van der Waals surface area (Å²) in [6, 6.07) is 9.75. The van der Waals surface area contributed by atoms with E-state index in [9.17, 15) is 9.18 Å². The zero-order valence-corrected chi connectivity index (χ0v) is 19.4. The fourth-order valence-electron chi connectivity index (χ4n) is 3.13. The number of rotatable bonds is 6. The van der Waals surface area contributed by atoms with Crippen molar-refractivity contribution in [1.29, 1.82) is 0 Å². The van der Waals surface area contributed by atoms with E-state index in [1.165, 1.54) is 12.1 Å².